The van der Waals surface area contributed by atoms with Crippen LogP contribution >= 0.6 is 0 Å². The largest absolute Gasteiger partial charge is 0.196 e. The van der Waals surface area contributed by atoms with Crippen molar-refractivity contribution in [1.82, 2.24) is 0 Å². The normalized spacial score (nSPS) is 21.5. The predicted molar refractivity (Wildman–Crippen MR) is 98.2 cm³/mol. The van der Waals surface area contributed by atoms with E-state index < -0.39 is 5.83 Å². The van der Waals surface area contributed by atoms with E-state index in [9.17, 15) is 4.39 Å². The van der Waals surface area contributed by atoms with E-state index in [1.807, 2.05) is 0 Å². The Hall–Kier alpha value is -1.62. The second kappa shape index (κ2) is 10.3. The molecule has 1 aliphatic carbocycles. The zero-order valence-corrected chi connectivity index (χ0v) is 14.9. The Morgan fingerprint density at radius 2 is 1.71 bits per heavy atom. The number of benzene rings is 1. The van der Waals surface area contributed by atoms with Crippen LogP contribution in [0.2, 0.25) is 0 Å². The SMILES string of the molecule is CCCc1ccc(CCCCC2CCC(C=C(F)C#N)CC2)cc1. The fourth-order valence-corrected chi connectivity index (χ4v) is 3.81. The van der Waals surface area contributed by atoms with Gasteiger partial charge in [-0.3, -0.25) is 0 Å². The third-order valence-electron chi connectivity index (χ3n) is 5.27. The first-order valence-electron chi connectivity index (χ1n) is 9.56. The Morgan fingerprint density at radius 3 is 2.29 bits per heavy atom. The van der Waals surface area contributed by atoms with Crippen molar-refractivity contribution >= 4 is 0 Å². The highest BCUT2D eigenvalue weighted by Gasteiger charge is 2.20. The molecule has 1 aromatic carbocycles. The second-order valence-corrected chi connectivity index (χ2v) is 7.22. The maximum absolute atomic E-state index is 13.0. The number of hydrogen-bond acceptors (Lipinski definition) is 1. The lowest BCUT2D eigenvalue weighted by Crippen LogP contribution is -2.13. The zero-order valence-electron chi connectivity index (χ0n) is 14.9. The van der Waals surface area contributed by atoms with E-state index >= 15 is 0 Å². The highest BCUT2D eigenvalue weighted by atomic mass is 19.1. The molecule has 0 radical (unpaired) electrons. The van der Waals surface area contributed by atoms with Crippen molar-refractivity contribution < 1.29 is 4.39 Å². The number of allylic oxidation sites excluding steroid dienone is 2. The molecule has 0 aliphatic heterocycles. The van der Waals surface area contributed by atoms with Crippen LogP contribution in [0.4, 0.5) is 4.39 Å². The van der Waals surface area contributed by atoms with Gasteiger partial charge >= 0.3 is 0 Å². The van der Waals surface area contributed by atoms with Crippen molar-refractivity contribution in [2.45, 2.75) is 71.1 Å². The summed E-state index contributed by atoms with van der Waals surface area (Å²) in [6.45, 7) is 2.22. The summed E-state index contributed by atoms with van der Waals surface area (Å²) in [6.07, 6.45) is 13.4. The molecule has 1 fully saturated rings. The first kappa shape index (κ1) is 18.7. The topological polar surface area (TPSA) is 23.8 Å². The molecule has 0 atom stereocenters. The number of hydrogen-bond donors (Lipinski definition) is 0. The number of aryl methyl sites for hydroxylation is 2. The summed E-state index contributed by atoms with van der Waals surface area (Å²) in [6, 6.07) is 10.7. The van der Waals surface area contributed by atoms with Crippen LogP contribution < -0.4 is 0 Å². The highest BCUT2D eigenvalue weighted by molar-refractivity contribution is 5.22. The summed E-state index contributed by atoms with van der Waals surface area (Å²) in [5.41, 5.74) is 2.90. The minimum Gasteiger partial charge on any atom is -0.195 e. The quantitative estimate of drug-likeness (QED) is 0.393. The van der Waals surface area contributed by atoms with E-state index in [1.54, 1.807) is 6.07 Å². The van der Waals surface area contributed by atoms with Gasteiger partial charge in [-0.05, 0) is 74.0 Å². The molecule has 1 aromatic rings. The van der Waals surface area contributed by atoms with Gasteiger partial charge in [-0.25, -0.2) is 0 Å². The summed E-state index contributed by atoms with van der Waals surface area (Å²) in [7, 11) is 0. The molecule has 0 spiro atoms. The standard InChI is InChI=1S/C22H30FN/c1-2-5-18-8-10-19(11-9-18)6-3-4-7-20-12-14-21(15-13-20)16-22(23)17-24/h8-11,16,20-21H,2-7,12-15H2,1H3. The molecule has 130 valence electrons. The molecule has 0 heterocycles. The average Bonchev–Trinajstić information content (AvgIpc) is 2.61. The Kier molecular flexibility index (Phi) is 8.02. The van der Waals surface area contributed by atoms with E-state index in [1.165, 1.54) is 68.6 Å². The molecule has 0 saturated heterocycles. The van der Waals surface area contributed by atoms with Crippen LogP contribution in [-0.4, -0.2) is 0 Å². The van der Waals surface area contributed by atoms with Crippen LogP contribution in [0.25, 0.3) is 0 Å². The maximum Gasteiger partial charge on any atom is 0.196 e. The molecule has 2 heteroatoms. The van der Waals surface area contributed by atoms with Gasteiger partial charge in [0.2, 0.25) is 0 Å². The number of nitrogens with zero attached hydrogens (tertiary/aromatic N) is 1. The molecule has 0 amide bonds. The first-order chi connectivity index (χ1) is 11.7. The minimum absolute atomic E-state index is 0.280. The Morgan fingerprint density at radius 1 is 1.08 bits per heavy atom. The van der Waals surface area contributed by atoms with Gasteiger partial charge in [-0.15, -0.1) is 0 Å². The fraction of sp³-hybridized carbons (Fsp3) is 0.591. The van der Waals surface area contributed by atoms with E-state index in [2.05, 4.69) is 31.2 Å². The van der Waals surface area contributed by atoms with Gasteiger partial charge in [-0.1, -0.05) is 50.5 Å². The van der Waals surface area contributed by atoms with Gasteiger partial charge < -0.3 is 0 Å². The zero-order chi connectivity index (χ0) is 17.2. The van der Waals surface area contributed by atoms with Crippen LogP contribution in [-0.2, 0) is 12.8 Å². The fourth-order valence-electron chi connectivity index (χ4n) is 3.81. The van der Waals surface area contributed by atoms with Crippen LogP contribution in [0.5, 0.6) is 0 Å². The van der Waals surface area contributed by atoms with Crippen molar-refractivity contribution in [2.24, 2.45) is 11.8 Å². The Bertz CT molecular complexity index is 544. The van der Waals surface area contributed by atoms with Gasteiger partial charge in [-0.2, -0.15) is 9.65 Å². The van der Waals surface area contributed by atoms with Crippen LogP contribution in [0.3, 0.4) is 0 Å². The van der Waals surface area contributed by atoms with Crippen molar-refractivity contribution in [3.05, 3.63) is 47.3 Å². The maximum atomic E-state index is 13.0. The molecule has 1 saturated carbocycles. The predicted octanol–water partition coefficient (Wildman–Crippen LogP) is 6.54. The lowest BCUT2D eigenvalue weighted by molar-refractivity contribution is 0.288. The van der Waals surface area contributed by atoms with Crippen molar-refractivity contribution in [1.29, 1.82) is 5.26 Å². The van der Waals surface area contributed by atoms with E-state index in [-0.39, 0.29) is 5.92 Å². The smallest absolute Gasteiger partial charge is 0.195 e. The molecule has 1 aliphatic rings. The summed E-state index contributed by atoms with van der Waals surface area (Å²) in [5, 5.41) is 8.50. The molecule has 0 N–H and O–H groups in total. The number of rotatable bonds is 8. The van der Waals surface area contributed by atoms with Crippen molar-refractivity contribution in [3.8, 4) is 6.07 Å². The lowest BCUT2D eigenvalue weighted by atomic mass is 9.79. The van der Waals surface area contributed by atoms with Gasteiger partial charge in [0, 0.05) is 0 Å². The molecule has 2 rings (SSSR count). The third kappa shape index (κ3) is 6.48. The molecule has 0 bridgehead atoms. The van der Waals surface area contributed by atoms with Crippen LogP contribution in [0.1, 0.15) is 69.4 Å². The molecule has 0 aromatic heterocycles. The molecular formula is C22H30FN. The summed E-state index contributed by atoms with van der Waals surface area (Å²) < 4.78 is 13.0. The molecule has 0 unspecified atom stereocenters. The highest BCUT2D eigenvalue weighted by Crippen LogP contribution is 2.33. The van der Waals surface area contributed by atoms with Crippen LogP contribution in [0.15, 0.2) is 36.2 Å². The van der Waals surface area contributed by atoms with E-state index in [0.29, 0.717) is 0 Å². The van der Waals surface area contributed by atoms with Crippen molar-refractivity contribution in [2.75, 3.05) is 0 Å². The first-order valence-corrected chi connectivity index (χ1v) is 9.56. The van der Waals surface area contributed by atoms with Gasteiger partial charge in [0.25, 0.3) is 0 Å². The van der Waals surface area contributed by atoms with Crippen molar-refractivity contribution in [3.63, 3.8) is 0 Å². The summed E-state index contributed by atoms with van der Waals surface area (Å²) in [4.78, 5) is 0. The lowest BCUT2D eigenvalue weighted by Gasteiger charge is -2.26. The Balaban J connectivity index is 1.61. The molecule has 24 heavy (non-hydrogen) atoms. The third-order valence-corrected chi connectivity index (χ3v) is 5.27. The van der Waals surface area contributed by atoms with Gasteiger partial charge in [0.05, 0.1) is 0 Å². The van der Waals surface area contributed by atoms with E-state index in [0.717, 1.165) is 18.8 Å². The second-order valence-electron chi connectivity index (χ2n) is 7.22. The van der Waals surface area contributed by atoms with E-state index in [4.69, 9.17) is 5.26 Å². The molecular weight excluding hydrogens is 297 g/mol. The summed E-state index contributed by atoms with van der Waals surface area (Å²) >= 11 is 0. The minimum atomic E-state index is -0.608. The molecule has 1 nitrogen and oxygen atoms in total. The number of halogens is 1. The number of nitriles is 1. The number of unbranched alkanes of at least 4 members (excludes halogenated alkanes) is 1. The van der Waals surface area contributed by atoms with Crippen LogP contribution in [0, 0.1) is 23.2 Å². The Labute approximate surface area is 146 Å². The average molecular weight is 327 g/mol. The monoisotopic (exact) mass is 327 g/mol. The van der Waals surface area contributed by atoms with Gasteiger partial charge in [0.1, 0.15) is 6.07 Å². The summed E-state index contributed by atoms with van der Waals surface area (Å²) in [5.74, 6) is 0.470. The van der Waals surface area contributed by atoms with Gasteiger partial charge in [0.15, 0.2) is 5.83 Å².